The normalized spacial score (nSPS) is 14.5. The molecule has 1 heterocycles. The van der Waals surface area contributed by atoms with Crippen LogP contribution >= 0.6 is 0 Å². The fraction of sp³-hybridized carbons (Fsp3) is 0.381. The van der Waals surface area contributed by atoms with Gasteiger partial charge in [0.25, 0.3) is 0 Å². The van der Waals surface area contributed by atoms with E-state index in [1.54, 1.807) is 6.07 Å². The molecule has 0 aliphatic carbocycles. The second-order valence-electron chi connectivity index (χ2n) is 6.72. The molecule has 1 saturated heterocycles. The van der Waals surface area contributed by atoms with Crippen LogP contribution < -0.4 is 15.4 Å². The topological polar surface area (TPSA) is 62.8 Å². The smallest absolute Gasteiger partial charge is 0.319 e. The summed E-state index contributed by atoms with van der Waals surface area (Å²) >= 11 is 0. The van der Waals surface area contributed by atoms with Crippen LogP contribution in [0.2, 0.25) is 0 Å². The van der Waals surface area contributed by atoms with Crippen LogP contribution in [0.5, 0.6) is 5.75 Å². The van der Waals surface area contributed by atoms with Crippen LogP contribution in [0.25, 0.3) is 0 Å². The minimum absolute atomic E-state index is 0.348. The molecule has 2 N–H and O–H groups in total. The van der Waals surface area contributed by atoms with Gasteiger partial charge in [-0.1, -0.05) is 18.2 Å². The Bertz CT molecular complexity index is 794. The van der Waals surface area contributed by atoms with Crippen molar-refractivity contribution in [2.75, 3.05) is 44.8 Å². The highest BCUT2D eigenvalue weighted by atomic mass is 19.1. The molecule has 0 bridgehead atoms. The fourth-order valence-corrected chi connectivity index (χ4v) is 2.94. The largest absolute Gasteiger partial charge is 0.492 e. The standard InChI is InChI=1S/C21H26FN3O3/c1-16-5-6-18(22)14-20(16)24-21(26)23-15-17-3-2-4-19(13-17)28-12-9-25-7-10-27-11-8-25/h2-6,13-14H,7-12,15H2,1H3,(H2,23,24,26). The highest BCUT2D eigenvalue weighted by molar-refractivity contribution is 5.90. The average Bonchev–Trinajstić information content (AvgIpc) is 2.70. The maximum absolute atomic E-state index is 13.3. The molecule has 0 spiro atoms. The van der Waals surface area contributed by atoms with Gasteiger partial charge in [-0.3, -0.25) is 4.90 Å². The Morgan fingerprint density at radius 2 is 2.04 bits per heavy atom. The number of halogens is 1. The van der Waals surface area contributed by atoms with Gasteiger partial charge in [-0.05, 0) is 42.3 Å². The Morgan fingerprint density at radius 3 is 2.86 bits per heavy atom. The van der Waals surface area contributed by atoms with Gasteiger partial charge >= 0.3 is 6.03 Å². The SMILES string of the molecule is Cc1ccc(F)cc1NC(=O)NCc1cccc(OCCN2CCOCC2)c1. The van der Waals surface area contributed by atoms with Gasteiger partial charge in [0, 0.05) is 31.9 Å². The third-order valence-electron chi connectivity index (χ3n) is 4.58. The third kappa shape index (κ3) is 6.21. The highest BCUT2D eigenvalue weighted by Crippen LogP contribution is 2.16. The van der Waals surface area contributed by atoms with Crippen LogP contribution in [0.15, 0.2) is 42.5 Å². The molecule has 1 fully saturated rings. The number of hydrogen-bond donors (Lipinski definition) is 2. The van der Waals surface area contributed by atoms with E-state index in [9.17, 15) is 9.18 Å². The predicted octanol–water partition coefficient (Wildman–Crippen LogP) is 3.17. The molecule has 0 aromatic heterocycles. The minimum atomic E-state index is -0.386. The molecule has 0 unspecified atom stereocenters. The van der Waals surface area contributed by atoms with Crippen LogP contribution in [0.3, 0.4) is 0 Å². The summed E-state index contributed by atoms with van der Waals surface area (Å²) in [5, 5.41) is 5.45. The van der Waals surface area contributed by atoms with Crippen molar-refractivity contribution in [2.24, 2.45) is 0 Å². The fourth-order valence-electron chi connectivity index (χ4n) is 2.94. The zero-order valence-electron chi connectivity index (χ0n) is 16.0. The second kappa shape index (κ2) is 10.1. The lowest BCUT2D eigenvalue weighted by Crippen LogP contribution is -2.38. The van der Waals surface area contributed by atoms with E-state index >= 15 is 0 Å². The molecule has 28 heavy (non-hydrogen) atoms. The van der Waals surface area contributed by atoms with Gasteiger partial charge in [0.1, 0.15) is 18.2 Å². The summed E-state index contributed by atoms with van der Waals surface area (Å²) in [6, 6.07) is 11.5. The summed E-state index contributed by atoms with van der Waals surface area (Å²) in [6.45, 7) is 7.06. The van der Waals surface area contributed by atoms with Crippen LogP contribution in [0.4, 0.5) is 14.9 Å². The van der Waals surface area contributed by atoms with Gasteiger partial charge in [-0.15, -0.1) is 0 Å². The molecule has 0 radical (unpaired) electrons. The van der Waals surface area contributed by atoms with E-state index in [2.05, 4.69) is 15.5 Å². The number of aryl methyl sites for hydroxylation is 1. The first-order valence-electron chi connectivity index (χ1n) is 9.43. The number of ether oxygens (including phenoxy) is 2. The third-order valence-corrected chi connectivity index (χ3v) is 4.58. The van der Waals surface area contributed by atoms with Gasteiger partial charge in [-0.25, -0.2) is 9.18 Å². The van der Waals surface area contributed by atoms with Gasteiger partial charge < -0.3 is 20.1 Å². The number of benzene rings is 2. The summed E-state index contributed by atoms with van der Waals surface area (Å²) in [4.78, 5) is 14.4. The summed E-state index contributed by atoms with van der Waals surface area (Å²) in [6.07, 6.45) is 0. The number of anilines is 1. The Hall–Kier alpha value is -2.64. The van der Waals surface area contributed by atoms with Gasteiger partial charge in [0.05, 0.1) is 13.2 Å². The monoisotopic (exact) mass is 387 g/mol. The maximum atomic E-state index is 13.3. The van der Waals surface area contributed by atoms with Crippen molar-refractivity contribution in [1.29, 1.82) is 0 Å². The van der Waals surface area contributed by atoms with Crippen molar-refractivity contribution < 1.29 is 18.7 Å². The first kappa shape index (κ1) is 20.1. The zero-order valence-corrected chi connectivity index (χ0v) is 16.0. The molecule has 3 rings (SSSR count). The molecular formula is C21H26FN3O3. The Morgan fingerprint density at radius 1 is 1.21 bits per heavy atom. The van der Waals surface area contributed by atoms with E-state index < -0.39 is 0 Å². The van der Waals surface area contributed by atoms with Crippen molar-refractivity contribution in [1.82, 2.24) is 10.2 Å². The Labute approximate surface area is 164 Å². The molecule has 0 saturated carbocycles. The van der Waals surface area contributed by atoms with Crippen molar-refractivity contribution in [3.05, 3.63) is 59.4 Å². The number of hydrogen-bond acceptors (Lipinski definition) is 4. The summed E-state index contributed by atoms with van der Waals surface area (Å²) in [5.74, 6) is 0.386. The molecule has 2 amide bonds. The molecule has 7 heteroatoms. The molecule has 1 aliphatic rings. The first-order chi connectivity index (χ1) is 13.6. The second-order valence-corrected chi connectivity index (χ2v) is 6.72. The predicted molar refractivity (Wildman–Crippen MR) is 106 cm³/mol. The lowest BCUT2D eigenvalue weighted by atomic mass is 10.2. The number of nitrogens with one attached hydrogen (secondary N) is 2. The number of morpholine rings is 1. The summed E-state index contributed by atoms with van der Waals surface area (Å²) in [7, 11) is 0. The number of amides is 2. The molecule has 6 nitrogen and oxygen atoms in total. The van der Waals surface area contributed by atoms with Crippen molar-refractivity contribution in [3.8, 4) is 5.75 Å². The van der Waals surface area contributed by atoms with E-state index in [4.69, 9.17) is 9.47 Å². The highest BCUT2D eigenvalue weighted by Gasteiger charge is 2.10. The first-order valence-corrected chi connectivity index (χ1v) is 9.43. The zero-order chi connectivity index (χ0) is 19.8. The average molecular weight is 387 g/mol. The van der Waals surface area contributed by atoms with Crippen molar-refractivity contribution in [2.45, 2.75) is 13.5 Å². The van der Waals surface area contributed by atoms with Gasteiger partial charge in [0.2, 0.25) is 0 Å². The number of urea groups is 1. The van der Waals surface area contributed by atoms with Crippen LogP contribution in [0, 0.1) is 12.7 Å². The molecule has 0 atom stereocenters. The van der Waals surface area contributed by atoms with E-state index in [1.807, 2.05) is 31.2 Å². The van der Waals surface area contributed by atoms with Crippen LogP contribution in [-0.4, -0.2) is 50.4 Å². The lowest BCUT2D eigenvalue weighted by Gasteiger charge is -2.26. The Balaban J connectivity index is 1.44. The van der Waals surface area contributed by atoms with Crippen LogP contribution in [-0.2, 0) is 11.3 Å². The van der Waals surface area contributed by atoms with E-state index in [-0.39, 0.29) is 11.8 Å². The van der Waals surface area contributed by atoms with Crippen molar-refractivity contribution >= 4 is 11.7 Å². The van der Waals surface area contributed by atoms with Gasteiger partial charge in [-0.2, -0.15) is 0 Å². The van der Waals surface area contributed by atoms with Crippen molar-refractivity contribution in [3.63, 3.8) is 0 Å². The quantitative estimate of drug-likeness (QED) is 0.766. The molecule has 150 valence electrons. The summed E-state index contributed by atoms with van der Waals surface area (Å²) in [5.41, 5.74) is 2.18. The van der Waals surface area contributed by atoms with Gasteiger partial charge in [0.15, 0.2) is 0 Å². The lowest BCUT2D eigenvalue weighted by molar-refractivity contribution is 0.0322. The van der Waals surface area contributed by atoms with E-state index in [0.29, 0.717) is 18.8 Å². The van der Waals surface area contributed by atoms with Crippen LogP contribution in [0.1, 0.15) is 11.1 Å². The molecule has 2 aromatic rings. The number of nitrogens with zero attached hydrogens (tertiary/aromatic N) is 1. The number of carbonyl (C=O) groups is 1. The number of carbonyl (C=O) groups excluding carboxylic acids is 1. The van der Waals surface area contributed by atoms with E-state index in [0.717, 1.165) is 49.7 Å². The summed E-state index contributed by atoms with van der Waals surface area (Å²) < 4.78 is 24.5. The minimum Gasteiger partial charge on any atom is -0.492 e. The number of rotatable bonds is 7. The maximum Gasteiger partial charge on any atom is 0.319 e. The van der Waals surface area contributed by atoms with E-state index in [1.165, 1.54) is 12.1 Å². The molecule has 2 aromatic carbocycles. The Kier molecular flexibility index (Phi) is 7.22. The molecular weight excluding hydrogens is 361 g/mol. The molecule has 1 aliphatic heterocycles.